The van der Waals surface area contributed by atoms with Gasteiger partial charge in [-0.25, -0.2) is 19.9 Å². The van der Waals surface area contributed by atoms with Gasteiger partial charge in [-0.05, 0) is 72.2 Å². The molecule has 30 heavy (non-hydrogen) atoms. The molecule has 154 valence electrons. The van der Waals surface area contributed by atoms with Gasteiger partial charge in [0.15, 0.2) is 5.82 Å². The molecule has 0 spiro atoms. The maximum Gasteiger partial charge on any atom is 0.163 e. The zero-order chi connectivity index (χ0) is 20.8. The number of hydrogen-bond acceptors (Lipinski definition) is 6. The first-order valence-corrected chi connectivity index (χ1v) is 11.0. The molecule has 3 aliphatic rings. The van der Waals surface area contributed by atoms with Gasteiger partial charge in [0.25, 0.3) is 0 Å². The van der Waals surface area contributed by atoms with E-state index in [4.69, 9.17) is 5.73 Å². The number of benzene rings is 1. The minimum Gasteiger partial charge on any atom is -0.391 e. The van der Waals surface area contributed by atoms with Crippen LogP contribution in [-0.2, 0) is 6.42 Å². The molecule has 3 heterocycles. The number of aromatic nitrogens is 5. The Balaban J connectivity index is 1.30. The number of anilines is 1. The molecule has 3 atom stereocenters. The second kappa shape index (κ2) is 7.59. The van der Waals surface area contributed by atoms with Crippen LogP contribution in [0.4, 0.5) is 5.82 Å². The molecule has 3 N–H and O–H groups in total. The van der Waals surface area contributed by atoms with E-state index in [9.17, 15) is 5.11 Å². The zero-order valence-electron chi connectivity index (χ0n) is 16.7. The van der Waals surface area contributed by atoms with E-state index in [0.29, 0.717) is 11.7 Å². The van der Waals surface area contributed by atoms with Gasteiger partial charge in [0.05, 0.1) is 34.2 Å². The van der Waals surface area contributed by atoms with Crippen molar-refractivity contribution >= 4 is 32.7 Å². The van der Waals surface area contributed by atoms with Crippen molar-refractivity contribution in [2.75, 3.05) is 5.73 Å². The fourth-order valence-electron chi connectivity index (χ4n) is 4.57. The summed E-state index contributed by atoms with van der Waals surface area (Å²) in [5.74, 6) is 1.75. The van der Waals surface area contributed by atoms with E-state index >= 15 is 0 Å². The minimum atomic E-state index is -0.403. The van der Waals surface area contributed by atoms with Crippen LogP contribution in [0, 0.1) is 12.8 Å². The maximum absolute atomic E-state index is 10.7. The molecule has 0 amide bonds. The van der Waals surface area contributed by atoms with E-state index in [-0.39, 0.29) is 6.04 Å². The van der Waals surface area contributed by atoms with Crippen LogP contribution in [0.15, 0.2) is 41.4 Å². The number of aliphatic hydroxyl groups excluding tert-OH is 1. The fraction of sp³-hybridized carbons (Fsp3) is 0.364. The molecule has 1 aromatic carbocycles. The molecule has 2 aliphatic heterocycles. The van der Waals surface area contributed by atoms with Gasteiger partial charge in [-0.2, -0.15) is 0 Å². The van der Waals surface area contributed by atoms with Gasteiger partial charge in [-0.1, -0.05) is 12.1 Å². The van der Waals surface area contributed by atoms with Crippen molar-refractivity contribution in [3.05, 3.63) is 52.7 Å². The van der Waals surface area contributed by atoms with Crippen LogP contribution < -0.4 is 5.73 Å². The van der Waals surface area contributed by atoms with E-state index in [1.165, 1.54) is 5.56 Å². The summed E-state index contributed by atoms with van der Waals surface area (Å²) in [4.78, 5) is 17.6. The van der Waals surface area contributed by atoms with Gasteiger partial charge in [-0.15, -0.1) is 0 Å². The highest BCUT2D eigenvalue weighted by molar-refractivity contribution is 9.10. The molecule has 0 radical (unpaired) electrons. The quantitative estimate of drug-likeness (QED) is 0.472. The number of rotatable bonds is 4. The average Bonchev–Trinajstić information content (AvgIpc) is 3.35. The maximum atomic E-state index is 10.7. The third-order valence-corrected chi connectivity index (χ3v) is 6.83. The Hall–Kier alpha value is -2.58. The average molecular weight is 467 g/mol. The van der Waals surface area contributed by atoms with Crippen molar-refractivity contribution in [1.29, 1.82) is 0 Å². The standard InChI is InChI=1S/C22H23BrN6O/c1-12-20-22(26-10-25-20)29(11-27-12)18-7-14(8-19(18)30)3-2-13-4-5-15-9-16(23)21(24)28-17(15)6-13/h4-6,9-11,14,18-19,30H,2-3,7-8H2,1H3,(H2,24,28)/t14-,18+,19+/m0/s1. The molecule has 0 saturated heterocycles. The Labute approximate surface area is 182 Å². The van der Waals surface area contributed by atoms with Gasteiger partial charge in [0, 0.05) is 5.39 Å². The number of pyridine rings is 1. The summed E-state index contributed by atoms with van der Waals surface area (Å²) in [6.07, 6.45) is 6.60. The molecule has 1 aliphatic carbocycles. The Morgan fingerprint density at radius 3 is 2.93 bits per heavy atom. The molecule has 1 aromatic heterocycles. The minimum absolute atomic E-state index is 0.0160. The number of fused-ring (bicyclic) bond motifs is 2. The largest absolute Gasteiger partial charge is 0.391 e. The number of nitrogens with zero attached hydrogens (tertiary/aromatic N) is 5. The van der Waals surface area contributed by atoms with Gasteiger partial charge in [-0.3, -0.25) is 0 Å². The smallest absolute Gasteiger partial charge is 0.163 e. The van der Waals surface area contributed by atoms with Gasteiger partial charge in [0.2, 0.25) is 0 Å². The Morgan fingerprint density at radius 1 is 1.20 bits per heavy atom. The zero-order valence-corrected chi connectivity index (χ0v) is 18.2. The normalized spacial score (nSPS) is 21.6. The van der Waals surface area contributed by atoms with E-state index < -0.39 is 6.10 Å². The van der Waals surface area contributed by atoms with Crippen molar-refractivity contribution in [1.82, 2.24) is 24.5 Å². The summed E-state index contributed by atoms with van der Waals surface area (Å²) in [5.41, 5.74) is 9.76. The molecule has 2 aromatic rings. The number of aryl methyl sites for hydroxylation is 2. The molecule has 0 bridgehead atoms. The monoisotopic (exact) mass is 466 g/mol. The molecule has 0 unspecified atom stereocenters. The number of hydrogen-bond donors (Lipinski definition) is 2. The predicted octanol–water partition coefficient (Wildman–Crippen LogP) is 3.92. The Bertz CT molecular complexity index is 1190. The lowest BCUT2D eigenvalue weighted by molar-refractivity contribution is 0.134. The number of halogens is 1. The highest BCUT2D eigenvalue weighted by Crippen LogP contribution is 2.39. The third kappa shape index (κ3) is 3.44. The molecule has 1 fully saturated rings. The Kier molecular flexibility index (Phi) is 4.91. The molecule has 7 nitrogen and oxygen atoms in total. The Morgan fingerprint density at radius 2 is 2.07 bits per heavy atom. The second-order valence-corrected chi connectivity index (χ2v) is 9.03. The highest BCUT2D eigenvalue weighted by atomic mass is 79.9. The summed E-state index contributed by atoms with van der Waals surface area (Å²) in [6, 6.07) is 8.34. The van der Waals surface area contributed by atoms with Crippen LogP contribution in [0.3, 0.4) is 0 Å². The van der Waals surface area contributed by atoms with Crippen LogP contribution in [-0.4, -0.2) is 35.7 Å². The van der Waals surface area contributed by atoms with Crippen molar-refractivity contribution in [3.8, 4) is 11.5 Å². The molecular weight excluding hydrogens is 444 g/mol. The first-order chi connectivity index (χ1) is 14.5. The lowest BCUT2D eigenvalue weighted by Gasteiger charge is -2.21. The van der Waals surface area contributed by atoms with Crippen molar-refractivity contribution < 1.29 is 5.11 Å². The van der Waals surface area contributed by atoms with Crippen LogP contribution in [0.25, 0.3) is 22.4 Å². The van der Waals surface area contributed by atoms with Gasteiger partial charge < -0.3 is 15.4 Å². The van der Waals surface area contributed by atoms with E-state index in [1.54, 1.807) is 12.7 Å². The van der Waals surface area contributed by atoms with Crippen LogP contribution in [0.2, 0.25) is 0 Å². The van der Waals surface area contributed by atoms with Gasteiger partial charge >= 0.3 is 0 Å². The molecule has 5 rings (SSSR count). The van der Waals surface area contributed by atoms with Gasteiger partial charge in [0.1, 0.15) is 17.8 Å². The number of nitrogen functional groups attached to an aromatic ring is 1. The summed E-state index contributed by atoms with van der Waals surface area (Å²) in [6.45, 7) is 1.93. The van der Waals surface area contributed by atoms with Crippen molar-refractivity contribution in [2.45, 2.75) is 44.8 Å². The summed E-state index contributed by atoms with van der Waals surface area (Å²) < 4.78 is 2.82. The lowest BCUT2D eigenvalue weighted by Crippen LogP contribution is -2.21. The van der Waals surface area contributed by atoms with Crippen LogP contribution in [0.5, 0.6) is 0 Å². The summed E-state index contributed by atoms with van der Waals surface area (Å²) in [7, 11) is 0. The van der Waals surface area contributed by atoms with Crippen LogP contribution >= 0.6 is 15.9 Å². The number of nitrogens with two attached hydrogens (primary N) is 1. The molecular formula is C22H23BrN6O. The molecule has 8 heteroatoms. The lowest BCUT2D eigenvalue weighted by atomic mass is 9.97. The third-order valence-electron chi connectivity index (χ3n) is 6.20. The van der Waals surface area contributed by atoms with E-state index in [1.807, 2.05) is 17.6 Å². The summed E-state index contributed by atoms with van der Waals surface area (Å²) >= 11 is 3.43. The number of imidazole rings is 1. The fourth-order valence-corrected chi connectivity index (χ4v) is 4.90. The second-order valence-electron chi connectivity index (χ2n) is 8.18. The topological polar surface area (TPSA) is 103 Å². The summed E-state index contributed by atoms with van der Waals surface area (Å²) in [5, 5.41) is 11.8. The molecule has 1 saturated carbocycles. The number of aliphatic hydroxyl groups is 1. The van der Waals surface area contributed by atoms with Crippen molar-refractivity contribution in [3.63, 3.8) is 0 Å². The van der Waals surface area contributed by atoms with Crippen molar-refractivity contribution in [2.24, 2.45) is 5.92 Å². The predicted molar refractivity (Wildman–Crippen MR) is 119 cm³/mol. The highest BCUT2D eigenvalue weighted by Gasteiger charge is 2.35. The first-order valence-electron chi connectivity index (χ1n) is 10.2. The van der Waals surface area contributed by atoms with E-state index in [2.05, 4.69) is 54.1 Å². The SMILES string of the molecule is Cc1ncn([C@@H]2C[C@H](CCc3ccc4cc(Br)c(N)nc4c3)C[C@H]2O)c2ncnc1-2. The first kappa shape index (κ1) is 19.4. The van der Waals surface area contributed by atoms with E-state index in [0.717, 1.165) is 58.3 Å². The van der Waals surface area contributed by atoms with Crippen LogP contribution in [0.1, 0.15) is 36.6 Å².